The number of hydrogen-bond donors (Lipinski definition) is 1. The van der Waals surface area contributed by atoms with Gasteiger partial charge in [-0.2, -0.15) is 13.2 Å². The standard InChI is InChI=1S/C22H17F3O5S/c1-30-21(27)19-10-5-14(11-20(19)26)13-31(28,29)18-4-2-3-16(12-18)15-6-8-17(9-7-15)22(23,24)25/h2-12,26H,13H2,1H3. The lowest BCUT2D eigenvalue weighted by atomic mass is 10.0. The van der Waals surface area contributed by atoms with Gasteiger partial charge in [-0.15, -0.1) is 0 Å². The molecule has 0 aliphatic heterocycles. The van der Waals surface area contributed by atoms with E-state index in [1.165, 1.54) is 48.5 Å². The van der Waals surface area contributed by atoms with Crippen molar-refractivity contribution < 1.29 is 36.2 Å². The predicted molar refractivity (Wildman–Crippen MR) is 107 cm³/mol. The Hall–Kier alpha value is -3.33. The Balaban J connectivity index is 1.87. The van der Waals surface area contributed by atoms with E-state index in [0.717, 1.165) is 19.2 Å². The van der Waals surface area contributed by atoms with Gasteiger partial charge in [-0.25, -0.2) is 13.2 Å². The van der Waals surface area contributed by atoms with Crippen LogP contribution < -0.4 is 0 Å². The first-order valence-electron chi connectivity index (χ1n) is 8.92. The Morgan fingerprint density at radius 3 is 2.23 bits per heavy atom. The fraction of sp³-hybridized carbons (Fsp3) is 0.136. The fourth-order valence-electron chi connectivity index (χ4n) is 2.97. The van der Waals surface area contributed by atoms with E-state index < -0.39 is 39.0 Å². The van der Waals surface area contributed by atoms with Crippen LogP contribution in [0.4, 0.5) is 13.2 Å². The molecule has 0 saturated carbocycles. The number of phenols is 1. The molecule has 3 aromatic rings. The maximum Gasteiger partial charge on any atom is 0.416 e. The molecular weight excluding hydrogens is 433 g/mol. The summed E-state index contributed by atoms with van der Waals surface area (Å²) in [5.41, 5.74) is 0.247. The first-order valence-corrected chi connectivity index (χ1v) is 10.6. The molecule has 5 nitrogen and oxygen atoms in total. The Labute approximate surface area is 176 Å². The number of alkyl halides is 3. The Morgan fingerprint density at radius 1 is 0.968 bits per heavy atom. The van der Waals surface area contributed by atoms with E-state index in [-0.39, 0.29) is 16.0 Å². The number of phenolic OH excluding ortho intramolecular Hbond substituents is 1. The Kier molecular flexibility index (Phi) is 6.08. The molecular formula is C22H17F3O5S. The molecule has 9 heteroatoms. The number of halogens is 3. The van der Waals surface area contributed by atoms with Crippen molar-refractivity contribution in [1.82, 2.24) is 0 Å². The molecule has 0 fully saturated rings. The molecule has 3 aromatic carbocycles. The van der Waals surface area contributed by atoms with Crippen molar-refractivity contribution in [2.75, 3.05) is 7.11 Å². The SMILES string of the molecule is COC(=O)c1ccc(CS(=O)(=O)c2cccc(-c3ccc(C(F)(F)F)cc3)c2)cc1O. The normalized spacial score (nSPS) is 11.9. The quantitative estimate of drug-likeness (QED) is 0.563. The van der Waals surface area contributed by atoms with Crippen molar-refractivity contribution in [3.8, 4) is 16.9 Å². The summed E-state index contributed by atoms with van der Waals surface area (Å²) < 4.78 is 68.4. The number of hydrogen-bond acceptors (Lipinski definition) is 5. The summed E-state index contributed by atoms with van der Waals surface area (Å²) >= 11 is 0. The zero-order chi connectivity index (χ0) is 22.8. The largest absolute Gasteiger partial charge is 0.507 e. The van der Waals surface area contributed by atoms with E-state index >= 15 is 0 Å². The van der Waals surface area contributed by atoms with Crippen LogP contribution in [0, 0.1) is 0 Å². The minimum Gasteiger partial charge on any atom is -0.507 e. The third kappa shape index (κ3) is 5.05. The van der Waals surface area contributed by atoms with Gasteiger partial charge in [0.05, 0.1) is 23.3 Å². The molecule has 0 amide bonds. The molecule has 0 atom stereocenters. The summed E-state index contributed by atoms with van der Waals surface area (Å²) in [6.45, 7) is 0. The molecule has 0 unspecified atom stereocenters. The minimum atomic E-state index is -4.46. The van der Waals surface area contributed by atoms with Gasteiger partial charge >= 0.3 is 12.1 Å². The van der Waals surface area contributed by atoms with Crippen molar-refractivity contribution in [2.45, 2.75) is 16.8 Å². The van der Waals surface area contributed by atoms with Crippen LogP contribution in [0.3, 0.4) is 0 Å². The highest BCUT2D eigenvalue weighted by atomic mass is 32.2. The zero-order valence-corrected chi connectivity index (χ0v) is 17.0. The second-order valence-corrected chi connectivity index (χ2v) is 8.69. The number of benzene rings is 3. The summed E-state index contributed by atoms with van der Waals surface area (Å²) in [6, 6.07) is 14.1. The van der Waals surface area contributed by atoms with Crippen LogP contribution in [0.1, 0.15) is 21.5 Å². The van der Waals surface area contributed by atoms with E-state index in [1.807, 2.05) is 0 Å². The zero-order valence-electron chi connectivity index (χ0n) is 16.2. The van der Waals surface area contributed by atoms with Crippen LogP contribution in [0.15, 0.2) is 71.6 Å². The molecule has 0 aliphatic carbocycles. The van der Waals surface area contributed by atoms with Gasteiger partial charge in [-0.3, -0.25) is 0 Å². The van der Waals surface area contributed by atoms with Crippen LogP contribution in [-0.4, -0.2) is 26.6 Å². The van der Waals surface area contributed by atoms with E-state index in [2.05, 4.69) is 4.74 Å². The molecule has 0 aliphatic rings. The van der Waals surface area contributed by atoms with Gasteiger partial charge in [0.15, 0.2) is 9.84 Å². The maximum atomic E-state index is 12.8. The topological polar surface area (TPSA) is 80.7 Å². The average Bonchev–Trinajstić information content (AvgIpc) is 2.72. The van der Waals surface area contributed by atoms with E-state index in [4.69, 9.17) is 0 Å². The van der Waals surface area contributed by atoms with Crippen LogP contribution in [0.5, 0.6) is 5.75 Å². The predicted octanol–water partition coefficient (Wildman–Crippen LogP) is 4.84. The third-order valence-electron chi connectivity index (χ3n) is 4.56. The monoisotopic (exact) mass is 450 g/mol. The van der Waals surface area contributed by atoms with Crippen molar-refractivity contribution in [3.63, 3.8) is 0 Å². The van der Waals surface area contributed by atoms with Gasteiger partial charge in [0.1, 0.15) is 11.3 Å². The fourth-order valence-corrected chi connectivity index (χ4v) is 4.35. The van der Waals surface area contributed by atoms with E-state index in [0.29, 0.717) is 11.1 Å². The molecule has 0 saturated heterocycles. The van der Waals surface area contributed by atoms with Crippen LogP contribution in [0.25, 0.3) is 11.1 Å². The number of carbonyl (C=O) groups excluding carboxylic acids is 1. The first kappa shape index (κ1) is 22.4. The number of sulfone groups is 1. The number of rotatable bonds is 5. The molecule has 0 aromatic heterocycles. The van der Waals surface area contributed by atoms with Gasteiger partial charge in [0.25, 0.3) is 0 Å². The molecule has 0 heterocycles. The van der Waals surface area contributed by atoms with Crippen molar-refractivity contribution in [2.24, 2.45) is 0 Å². The van der Waals surface area contributed by atoms with Crippen LogP contribution >= 0.6 is 0 Å². The lowest BCUT2D eigenvalue weighted by Crippen LogP contribution is -2.07. The first-order chi connectivity index (χ1) is 14.5. The minimum absolute atomic E-state index is 0.0265. The van der Waals surface area contributed by atoms with Crippen LogP contribution in [0.2, 0.25) is 0 Å². The number of carbonyl (C=O) groups is 1. The highest BCUT2D eigenvalue weighted by molar-refractivity contribution is 7.90. The summed E-state index contributed by atoms with van der Waals surface area (Å²) in [7, 11) is -2.68. The molecule has 0 bridgehead atoms. The molecule has 162 valence electrons. The van der Waals surface area contributed by atoms with Crippen molar-refractivity contribution >= 4 is 15.8 Å². The number of methoxy groups -OCH3 is 1. The molecule has 31 heavy (non-hydrogen) atoms. The molecule has 0 spiro atoms. The highest BCUT2D eigenvalue weighted by Crippen LogP contribution is 2.32. The Morgan fingerprint density at radius 2 is 1.65 bits per heavy atom. The molecule has 0 radical (unpaired) electrons. The van der Waals surface area contributed by atoms with Gasteiger partial charge in [-0.05, 0) is 53.1 Å². The van der Waals surface area contributed by atoms with E-state index in [1.54, 1.807) is 6.07 Å². The molecule has 3 rings (SSSR count). The average molecular weight is 450 g/mol. The summed E-state index contributed by atoms with van der Waals surface area (Å²) in [5.74, 6) is -1.60. The van der Waals surface area contributed by atoms with Gasteiger partial charge in [0, 0.05) is 0 Å². The van der Waals surface area contributed by atoms with Gasteiger partial charge in [-0.1, -0.05) is 30.3 Å². The van der Waals surface area contributed by atoms with Crippen molar-refractivity contribution in [1.29, 1.82) is 0 Å². The maximum absolute atomic E-state index is 12.8. The lowest BCUT2D eigenvalue weighted by molar-refractivity contribution is -0.137. The third-order valence-corrected chi connectivity index (χ3v) is 6.25. The van der Waals surface area contributed by atoms with Gasteiger partial charge in [0.2, 0.25) is 0 Å². The lowest BCUT2D eigenvalue weighted by Gasteiger charge is -2.10. The van der Waals surface area contributed by atoms with Crippen molar-refractivity contribution in [3.05, 3.63) is 83.4 Å². The molecule has 1 N–H and O–H groups in total. The smallest absolute Gasteiger partial charge is 0.416 e. The van der Waals surface area contributed by atoms with E-state index in [9.17, 15) is 31.5 Å². The Bertz CT molecular complexity index is 1220. The summed E-state index contributed by atoms with van der Waals surface area (Å²) in [6.07, 6.45) is -4.46. The number of aromatic hydroxyl groups is 1. The van der Waals surface area contributed by atoms with Gasteiger partial charge < -0.3 is 9.84 Å². The summed E-state index contributed by atoms with van der Waals surface area (Å²) in [4.78, 5) is 11.5. The number of esters is 1. The highest BCUT2D eigenvalue weighted by Gasteiger charge is 2.30. The van der Waals surface area contributed by atoms with Crippen LogP contribution in [-0.2, 0) is 26.5 Å². The second kappa shape index (κ2) is 8.43. The number of ether oxygens (including phenoxy) is 1. The summed E-state index contributed by atoms with van der Waals surface area (Å²) in [5, 5.41) is 9.96. The second-order valence-electron chi connectivity index (χ2n) is 6.71.